The molecule has 0 saturated heterocycles. The number of amides is 1. The Bertz CT molecular complexity index is 448. The van der Waals surface area contributed by atoms with Gasteiger partial charge in [-0.15, -0.1) is 0 Å². The summed E-state index contributed by atoms with van der Waals surface area (Å²) < 4.78 is 0. The van der Waals surface area contributed by atoms with E-state index in [-0.39, 0.29) is 17.8 Å². The fourth-order valence-corrected chi connectivity index (χ4v) is 1.30. The van der Waals surface area contributed by atoms with Gasteiger partial charge in [-0.25, -0.2) is 0 Å². The van der Waals surface area contributed by atoms with E-state index in [1.807, 2.05) is 0 Å². The molecule has 18 heavy (non-hydrogen) atoms. The molecule has 98 valence electrons. The zero-order chi connectivity index (χ0) is 13.7. The molecule has 7 nitrogen and oxygen atoms in total. The maximum Gasteiger partial charge on any atom is 0.282 e. The van der Waals surface area contributed by atoms with Crippen molar-refractivity contribution in [3.05, 3.63) is 39.9 Å². The largest absolute Gasteiger partial charge is 0.392 e. The fraction of sp³-hybridized carbons (Fsp3) is 0.364. The number of benzene rings is 1. The van der Waals surface area contributed by atoms with Crippen LogP contribution in [0, 0.1) is 10.1 Å². The highest BCUT2D eigenvalue weighted by molar-refractivity contribution is 5.98. The van der Waals surface area contributed by atoms with Crippen molar-refractivity contribution >= 4 is 11.6 Å². The van der Waals surface area contributed by atoms with Crippen LogP contribution in [0.1, 0.15) is 17.3 Å². The van der Waals surface area contributed by atoms with Gasteiger partial charge in [-0.2, -0.15) is 0 Å². The Balaban J connectivity index is 2.76. The summed E-state index contributed by atoms with van der Waals surface area (Å²) in [5.41, 5.74) is 5.25. The van der Waals surface area contributed by atoms with Crippen molar-refractivity contribution in [2.75, 3.05) is 6.54 Å². The van der Waals surface area contributed by atoms with Gasteiger partial charge in [-0.05, 0) is 13.0 Å². The van der Waals surface area contributed by atoms with Gasteiger partial charge in [-0.3, -0.25) is 14.9 Å². The monoisotopic (exact) mass is 253 g/mol. The van der Waals surface area contributed by atoms with Crippen LogP contribution >= 0.6 is 0 Å². The predicted molar refractivity (Wildman–Crippen MR) is 65.1 cm³/mol. The minimum absolute atomic E-state index is 0.0275. The van der Waals surface area contributed by atoms with E-state index in [0.717, 1.165) is 0 Å². The van der Waals surface area contributed by atoms with Gasteiger partial charge in [-0.1, -0.05) is 12.1 Å². The number of nitrogens with zero attached hydrogens (tertiary/aromatic N) is 1. The fourth-order valence-electron chi connectivity index (χ4n) is 1.30. The molecule has 1 aromatic carbocycles. The van der Waals surface area contributed by atoms with Crippen LogP contribution in [0.15, 0.2) is 24.3 Å². The average molecular weight is 253 g/mol. The van der Waals surface area contributed by atoms with Gasteiger partial charge in [0.15, 0.2) is 0 Å². The second-order valence-corrected chi connectivity index (χ2v) is 3.89. The summed E-state index contributed by atoms with van der Waals surface area (Å²) in [7, 11) is 0. The summed E-state index contributed by atoms with van der Waals surface area (Å²) in [5.74, 6) is -0.585. The van der Waals surface area contributed by atoms with Crippen LogP contribution in [-0.4, -0.2) is 34.6 Å². The minimum atomic E-state index is -0.768. The Morgan fingerprint density at radius 2 is 2.17 bits per heavy atom. The number of nitrogens with one attached hydrogen (secondary N) is 1. The smallest absolute Gasteiger partial charge is 0.282 e. The Morgan fingerprint density at radius 3 is 2.72 bits per heavy atom. The van der Waals surface area contributed by atoms with Gasteiger partial charge in [0.2, 0.25) is 0 Å². The van der Waals surface area contributed by atoms with Crippen LogP contribution in [0.3, 0.4) is 0 Å². The lowest BCUT2D eigenvalue weighted by molar-refractivity contribution is -0.385. The molecule has 0 saturated carbocycles. The first-order valence-electron chi connectivity index (χ1n) is 5.38. The summed E-state index contributed by atoms with van der Waals surface area (Å²) in [5, 5.41) is 22.3. The lowest BCUT2D eigenvalue weighted by atomic mass is 10.1. The third-order valence-corrected chi connectivity index (χ3v) is 2.46. The SMILES string of the molecule is CC(O)C(N)CNC(=O)c1ccccc1[N+](=O)[O-]. The summed E-state index contributed by atoms with van der Waals surface area (Å²) in [6, 6.07) is 5.02. The highest BCUT2D eigenvalue weighted by Gasteiger charge is 2.19. The standard InChI is InChI=1S/C11H15N3O4/c1-7(15)9(12)6-13-11(16)8-4-2-3-5-10(8)14(17)18/h2-5,7,9,15H,6,12H2,1H3,(H,13,16). The molecule has 0 aromatic heterocycles. The predicted octanol–water partition coefficient (Wildman–Crippen LogP) is 0.0327. The van der Waals surface area contributed by atoms with Crippen LogP contribution in [0.25, 0.3) is 0 Å². The second kappa shape index (κ2) is 6.08. The Morgan fingerprint density at radius 1 is 1.56 bits per heavy atom. The molecule has 0 radical (unpaired) electrons. The molecule has 7 heteroatoms. The van der Waals surface area contributed by atoms with E-state index < -0.39 is 23.0 Å². The number of nitro groups is 1. The summed E-state index contributed by atoms with van der Waals surface area (Å²) in [4.78, 5) is 21.9. The molecule has 0 heterocycles. The van der Waals surface area contributed by atoms with Crippen molar-refractivity contribution in [1.29, 1.82) is 0 Å². The molecule has 4 N–H and O–H groups in total. The van der Waals surface area contributed by atoms with Crippen molar-refractivity contribution in [3.8, 4) is 0 Å². The average Bonchev–Trinajstić information content (AvgIpc) is 2.35. The molecule has 1 amide bonds. The number of hydrogen-bond acceptors (Lipinski definition) is 5. The van der Waals surface area contributed by atoms with Crippen molar-refractivity contribution in [2.24, 2.45) is 5.73 Å². The lowest BCUT2D eigenvalue weighted by Crippen LogP contribution is -2.43. The van der Waals surface area contributed by atoms with Gasteiger partial charge < -0.3 is 16.2 Å². The molecule has 2 atom stereocenters. The molecule has 2 unspecified atom stereocenters. The maximum absolute atomic E-state index is 11.7. The zero-order valence-electron chi connectivity index (χ0n) is 9.87. The summed E-state index contributed by atoms with van der Waals surface area (Å²) >= 11 is 0. The number of para-hydroxylation sites is 1. The van der Waals surface area contributed by atoms with Crippen molar-refractivity contribution in [3.63, 3.8) is 0 Å². The van der Waals surface area contributed by atoms with Crippen molar-refractivity contribution in [2.45, 2.75) is 19.1 Å². The summed E-state index contributed by atoms with van der Waals surface area (Å²) in [6.45, 7) is 1.55. The molecule has 0 aliphatic carbocycles. The first-order valence-corrected chi connectivity index (χ1v) is 5.38. The summed E-state index contributed by atoms with van der Waals surface area (Å²) in [6.07, 6.45) is -0.768. The first-order chi connectivity index (χ1) is 8.43. The van der Waals surface area contributed by atoms with E-state index in [1.165, 1.54) is 31.2 Å². The number of aliphatic hydroxyl groups excluding tert-OH is 1. The molecule has 1 rings (SSSR count). The quantitative estimate of drug-likeness (QED) is 0.505. The highest BCUT2D eigenvalue weighted by Crippen LogP contribution is 2.17. The third kappa shape index (κ3) is 3.51. The van der Waals surface area contributed by atoms with Crippen molar-refractivity contribution < 1.29 is 14.8 Å². The van der Waals surface area contributed by atoms with E-state index in [4.69, 9.17) is 10.8 Å². The molecule has 0 spiro atoms. The number of carbonyl (C=O) groups excluding carboxylic acids is 1. The van der Waals surface area contributed by atoms with Crippen LogP contribution in [-0.2, 0) is 0 Å². The maximum atomic E-state index is 11.7. The van der Waals surface area contributed by atoms with Crippen LogP contribution in [0.4, 0.5) is 5.69 Å². The normalized spacial score (nSPS) is 13.7. The van der Waals surface area contributed by atoms with Crippen LogP contribution < -0.4 is 11.1 Å². The minimum Gasteiger partial charge on any atom is -0.392 e. The van der Waals surface area contributed by atoms with Gasteiger partial charge in [0.25, 0.3) is 11.6 Å². The molecule has 1 aromatic rings. The molecule has 0 bridgehead atoms. The highest BCUT2D eigenvalue weighted by atomic mass is 16.6. The topological polar surface area (TPSA) is 118 Å². The Hall–Kier alpha value is -1.99. The number of nitro benzene ring substituents is 1. The third-order valence-electron chi connectivity index (χ3n) is 2.46. The second-order valence-electron chi connectivity index (χ2n) is 3.89. The molecular formula is C11H15N3O4. The zero-order valence-corrected chi connectivity index (χ0v) is 9.87. The lowest BCUT2D eigenvalue weighted by Gasteiger charge is -2.15. The Kier molecular flexibility index (Phi) is 4.75. The van der Waals surface area contributed by atoms with E-state index in [0.29, 0.717) is 0 Å². The van der Waals surface area contributed by atoms with Crippen LogP contribution in [0.2, 0.25) is 0 Å². The van der Waals surface area contributed by atoms with E-state index in [2.05, 4.69) is 5.32 Å². The van der Waals surface area contributed by atoms with Gasteiger partial charge >= 0.3 is 0 Å². The molecule has 0 fully saturated rings. The molecule has 0 aliphatic rings. The van der Waals surface area contributed by atoms with Gasteiger partial charge in [0.05, 0.1) is 11.0 Å². The van der Waals surface area contributed by atoms with E-state index >= 15 is 0 Å². The Labute approximate surface area is 104 Å². The van der Waals surface area contributed by atoms with Crippen LogP contribution in [0.5, 0.6) is 0 Å². The van der Waals surface area contributed by atoms with Crippen molar-refractivity contribution in [1.82, 2.24) is 5.32 Å². The molecular weight excluding hydrogens is 238 g/mol. The number of hydrogen-bond donors (Lipinski definition) is 3. The van der Waals surface area contributed by atoms with E-state index in [1.54, 1.807) is 0 Å². The number of aliphatic hydroxyl groups is 1. The van der Waals surface area contributed by atoms with Gasteiger partial charge in [0, 0.05) is 18.7 Å². The first kappa shape index (κ1) is 14.1. The van der Waals surface area contributed by atoms with E-state index in [9.17, 15) is 14.9 Å². The number of rotatable bonds is 5. The molecule has 0 aliphatic heterocycles. The number of carbonyl (C=O) groups is 1. The number of nitrogens with two attached hydrogens (primary N) is 1. The van der Waals surface area contributed by atoms with Gasteiger partial charge in [0.1, 0.15) is 5.56 Å².